The number of carboxylic acids is 1. The second kappa shape index (κ2) is 5.70. The lowest BCUT2D eigenvalue weighted by atomic mass is 10.0. The van der Waals surface area contributed by atoms with E-state index in [-0.39, 0.29) is 11.3 Å². The number of aliphatic hydroxyl groups excluding tert-OH is 1. The van der Waals surface area contributed by atoms with Gasteiger partial charge in [-0.3, -0.25) is 9.69 Å². The molecule has 0 spiro atoms. The molecule has 0 heterocycles. The average Bonchev–Trinajstić information content (AvgIpc) is 2.32. The summed E-state index contributed by atoms with van der Waals surface area (Å²) in [5.41, 5.74) is 0.234. The molecule has 1 aromatic rings. The van der Waals surface area contributed by atoms with Gasteiger partial charge >= 0.3 is 5.97 Å². The highest BCUT2D eigenvalue weighted by Gasteiger charge is 2.31. The Morgan fingerprint density at radius 3 is 2.39 bits per heavy atom. The molecule has 2 atom stereocenters. The maximum atomic E-state index is 11.2. The quantitative estimate of drug-likeness (QED) is 0.573. The van der Waals surface area contributed by atoms with E-state index in [2.05, 4.69) is 0 Å². The van der Waals surface area contributed by atoms with Crippen LogP contribution in [0.15, 0.2) is 18.2 Å². The summed E-state index contributed by atoms with van der Waals surface area (Å²) >= 11 is 0. The lowest BCUT2D eigenvalue weighted by Gasteiger charge is -2.27. The van der Waals surface area contributed by atoms with Crippen molar-refractivity contribution in [3.05, 3.63) is 23.8 Å². The molecular weight excluding hydrogens is 238 g/mol. The highest BCUT2D eigenvalue weighted by molar-refractivity contribution is 5.74. The maximum Gasteiger partial charge on any atom is 0.323 e. The minimum Gasteiger partial charge on any atom is -0.504 e. The first kappa shape index (κ1) is 14.3. The Balaban J connectivity index is 3.05. The lowest BCUT2D eigenvalue weighted by molar-refractivity contribution is -0.147. The van der Waals surface area contributed by atoms with Crippen molar-refractivity contribution in [1.29, 1.82) is 0 Å². The largest absolute Gasteiger partial charge is 0.504 e. The normalized spacial score (nSPS) is 14.4. The highest BCUT2D eigenvalue weighted by atomic mass is 16.4. The van der Waals surface area contributed by atoms with Gasteiger partial charge in [0.15, 0.2) is 11.5 Å². The number of aliphatic hydroxyl groups is 1. The summed E-state index contributed by atoms with van der Waals surface area (Å²) < 4.78 is 0. The Morgan fingerprint density at radius 2 is 1.94 bits per heavy atom. The Morgan fingerprint density at radius 1 is 1.33 bits per heavy atom. The average molecular weight is 255 g/mol. The van der Waals surface area contributed by atoms with Gasteiger partial charge in [0, 0.05) is 0 Å². The number of benzene rings is 1. The van der Waals surface area contributed by atoms with Crippen LogP contribution in [0.5, 0.6) is 11.5 Å². The Hall–Kier alpha value is -1.79. The third-order valence-electron chi connectivity index (χ3n) is 2.87. The molecule has 0 bridgehead atoms. The summed E-state index contributed by atoms with van der Waals surface area (Å²) in [6, 6.07) is 2.62. The van der Waals surface area contributed by atoms with E-state index in [1.165, 1.54) is 17.0 Å². The van der Waals surface area contributed by atoms with Crippen LogP contribution in [0, 0.1) is 0 Å². The molecule has 1 aromatic carbocycles. The SMILES string of the molecule is CCN(C)C(C(=O)O)C(O)c1ccc(O)c(O)c1. The van der Waals surface area contributed by atoms with Gasteiger partial charge < -0.3 is 20.4 Å². The highest BCUT2D eigenvalue weighted by Crippen LogP contribution is 2.30. The number of hydrogen-bond acceptors (Lipinski definition) is 5. The van der Waals surface area contributed by atoms with Gasteiger partial charge in [-0.25, -0.2) is 0 Å². The van der Waals surface area contributed by atoms with E-state index in [0.717, 1.165) is 6.07 Å². The fraction of sp³-hybridized carbons (Fsp3) is 0.417. The van der Waals surface area contributed by atoms with Crippen LogP contribution in [0.25, 0.3) is 0 Å². The number of rotatable bonds is 5. The van der Waals surface area contributed by atoms with Crippen LogP contribution >= 0.6 is 0 Å². The van der Waals surface area contributed by atoms with Crippen molar-refractivity contribution < 1.29 is 25.2 Å². The molecule has 0 aromatic heterocycles. The van der Waals surface area contributed by atoms with E-state index in [9.17, 15) is 20.1 Å². The van der Waals surface area contributed by atoms with Gasteiger partial charge in [-0.15, -0.1) is 0 Å². The zero-order valence-corrected chi connectivity index (χ0v) is 10.2. The summed E-state index contributed by atoms with van der Waals surface area (Å²) in [5.74, 6) is -1.86. The first-order valence-corrected chi connectivity index (χ1v) is 5.51. The number of carboxylic acid groups (broad SMARTS) is 1. The summed E-state index contributed by atoms with van der Waals surface area (Å²) in [5, 5.41) is 37.7. The summed E-state index contributed by atoms with van der Waals surface area (Å²) in [6.45, 7) is 2.23. The first-order chi connectivity index (χ1) is 8.38. The number of phenols is 2. The van der Waals surface area contributed by atoms with Crippen LogP contribution in [0.3, 0.4) is 0 Å². The van der Waals surface area contributed by atoms with Crippen LogP contribution in [0.2, 0.25) is 0 Å². The molecule has 0 saturated heterocycles. The molecule has 0 aliphatic heterocycles. The van der Waals surface area contributed by atoms with E-state index in [1.54, 1.807) is 14.0 Å². The molecule has 0 saturated carbocycles. The Labute approximate surface area is 105 Å². The van der Waals surface area contributed by atoms with E-state index >= 15 is 0 Å². The predicted octanol–water partition coefficient (Wildman–Crippen LogP) is 0.536. The third-order valence-corrected chi connectivity index (χ3v) is 2.87. The van der Waals surface area contributed by atoms with Crippen LogP contribution < -0.4 is 0 Å². The van der Waals surface area contributed by atoms with Gasteiger partial charge in [0.05, 0.1) is 0 Å². The second-order valence-electron chi connectivity index (χ2n) is 4.05. The smallest absolute Gasteiger partial charge is 0.323 e. The number of aliphatic carboxylic acids is 1. The third kappa shape index (κ3) is 2.91. The zero-order valence-electron chi connectivity index (χ0n) is 10.2. The zero-order chi connectivity index (χ0) is 13.9. The van der Waals surface area contributed by atoms with E-state index in [0.29, 0.717) is 6.54 Å². The Bertz CT molecular complexity index is 434. The second-order valence-corrected chi connectivity index (χ2v) is 4.05. The molecule has 0 radical (unpaired) electrons. The molecule has 4 N–H and O–H groups in total. The number of carbonyl (C=O) groups is 1. The monoisotopic (exact) mass is 255 g/mol. The minimum absolute atomic E-state index is 0.234. The topological polar surface area (TPSA) is 101 Å². The fourth-order valence-electron chi connectivity index (χ4n) is 1.67. The van der Waals surface area contributed by atoms with Crippen molar-refractivity contribution >= 4 is 5.97 Å². The Kier molecular flexibility index (Phi) is 4.52. The van der Waals surface area contributed by atoms with Gasteiger partial charge in [-0.05, 0) is 31.3 Å². The summed E-state index contributed by atoms with van der Waals surface area (Å²) in [4.78, 5) is 12.6. The molecule has 6 nitrogen and oxygen atoms in total. The van der Waals surface area contributed by atoms with Crippen molar-refractivity contribution in [3.63, 3.8) is 0 Å². The van der Waals surface area contributed by atoms with Gasteiger partial charge in [-0.2, -0.15) is 0 Å². The van der Waals surface area contributed by atoms with Crippen molar-refractivity contribution in [3.8, 4) is 11.5 Å². The summed E-state index contributed by atoms with van der Waals surface area (Å²) in [7, 11) is 1.59. The van der Waals surface area contributed by atoms with Crippen LogP contribution in [0.4, 0.5) is 0 Å². The predicted molar refractivity (Wildman–Crippen MR) is 64.5 cm³/mol. The molecule has 0 aliphatic rings. The standard InChI is InChI=1S/C12H17NO5/c1-3-13(2)10(12(17)18)11(16)7-4-5-8(14)9(15)6-7/h4-6,10-11,14-16H,3H2,1-2H3,(H,17,18). The number of nitrogens with zero attached hydrogens (tertiary/aromatic N) is 1. The fourth-order valence-corrected chi connectivity index (χ4v) is 1.67. The maximum absolute atomic E-state index is 11.2. The van der Waals surface area contributed by atoms with Crippen molar-refractivity contribution in [2.24, 2.45) is 0 Å². The van der Waals surface area contributed by atoms with Crippen LogP contribution in [-0.4, -0.2) is 50.9 Å². The molecule has 0 amide bonds. The number of hydrogen-bond donors (Lipinski definition) is 4. The van der Waals surface area contributed by atoms with Gasteiger partial charge in [0.2, 0.25) is 0 Å². The minimum atomic E-state index is -1.29. The molecule has 2 unspecified atom stereocenters. The van der Waals surface area contributed by atoms with E-state index < -0.39 is 23.9 Å². The molecular formula is C12H17NO5. The number of aromatic hydroxyl groups is 2. The van der Waals surface area contributed by atoms with Gasteiger partial charge in [0.25, 0.3) is 0 Å². The molecule has 100 valence electrons. The first-order valence-electron chi connectivity index (χ1n) is 5.51. The summed E-state index contributed by atoms with van der Waals surface area (Å²) in [6.07, 6.45) is -1.29. The van der Waals surface area contributed by atoms with Gasteiger partial charge in [0.1, 0.15) is 12.1 Å². The molecule has 0 fully saturated rings. The van der Waals surface area contributed by atoms with Crippen LogP contribution in [0.1, 0.15) is 18.6 Å². The molecule has 6 heteroatoms. The van der Waals surface area contributed by atoms with Crippen molar-refractivity contribution in [1.82, 2.24) is 4.90 Å². The molecule has 18 heavy (non-hydrogen) atoms. The number of phenolic OH excluding ortho intramolecular Hbond substituents is 2. The van der Waals surface area contributed by atoms with Crippen LogP contribution in [-0.2, 0) is 4.79 Å². The van der Waals surface area contributed by atoms with Crippen molar-refractivity contribution in [2.75, 3.05) is 13.6 Å². The van der Waals surface area contributed by atoms with Gasteiger partial charge in [-0.1, -0.05) is 13.0 Å². The molecule has 0 aliphatic carbocycles. The van der Waals surface area contributed by atoms with E-state index in [1.807, 2.05) is 0 Å². The number of likely N-dealkylation sites (N-methyl/N-ethyl adjacent to an activating group) is 1. The molecule has 1 rings (SSSR count). The van der Waals surface area contributed by atoms with Crippen molar-refractivity contribution in [2.45, 2.75) is 19.1 Å². The van der Waals surface area contributed by atoms with E-state index in [4.69, 9.17) is 5.11 Å². The lowest BCUT2D eigenvalue weighted by Crippen LogP contribution is -2.42.